The van der Waals surface area contributed by atoms with Crippen LogP contribution < -0.4 is 5.56 Å². The fourth-order valence-electron chi connectivity index (χ4n) is 1.77. The lowest BCUT2D eigenvalue weighted by atomic mass is 10.1. The van der Waals surface area contributed by atoms with Crippen molar-refractivity contribution in [2.45, 2.75) is 58.9 Å². The molecule has 0 fully saturated rings. The molecular formula is C13H21BrN2O. The van der Waals surface area contributed by atoms with Crippen LogP contribution in [-0.2, 0) is 6.54 Å². The first kappa shape index (κ1) is 14.4. The van der Waals surface area contributed by atoms with E-state index in [0.717, 1.165) is 18.7 Å². The Hall–Kier alpha value is -0.640. The van der Waals surface area contributed by atoms with Gasteiger partial charge in [0.05, 0.1) is 12.0 Å². The Morgan fingerprint density at radius 2 is 1.88 bits per heavy atom. The minimum Gasteiger partial charge on any atom is -0.298 e. The molecule has 0 aromatic carbocycles. The average Bonchev–Trinajstić information content (AvgIpc) is 2.33. The number of hydrogen-bond acceptors (Lipinski definition) is 2. The molecule has 96 valence electrons. The van der Waals surface area contributed by atoms with Crippen molar-refractivity contribution in [2.24, 2.45) is 0 Å². The minimum atomic E-state index is 0.0334. The van der Waals surface area contributed by atoms with E-state index in [1.807, 2.05) is 6.92 Å². The molecule has 17 heavy (non-hydrogen) atoms. The molecule has 0 saturated heterocycles. The predicted molar refractivity (Wildman–Crippen MR) is 74.3 cm³/mol. The molecule has 0 saturated carbocycles. The number of aryl methyl sites for hydroxylation is 2. The van der Waals surface area contributed by atoms with E-state index in [9.17, 15) is 4.79 Å². The molecule has 0 aliphatic carbocycles. The first-order valence-corrected chi connectivity index (χ1v) is 7.17. The van der Waals surface area contributed by atoms with E-state index in [2.05, 4.69) is 27.8 Å². The van der Waals surface area contributed by atoms with E-state index in [0.29, 0.717) is 4.47 Å². The van der Waals surface area contributed by atoms with Crippen LogP contribution >= 0.6 is 15.9 Å². The average molecular weight is 301 g/mol. The van der Waals surface area contributed by atoms with Gasteiger partial charge >= 0.3 is 0 Å². The van der Waals surface area contributed by atoms with Gasteiger partial charge in [-0.3, -0.25) is 9.36 Å². The number of halogens is 1. The second-order valence-electron chi connectivity index (χ2n) is 4.41. The van der Waals surface area contributed by atoms with Crippen LogP contribution in [0.3, 0.4) is 0 Å². The van der Waals surface area contributed by atoms with E-state index in [1.165, 1.54) is 32.1 Å². The van der Waals surface area contributed by atoms with Gasteiger partial charge in [-0.1, -0.05) is 39.0 Å². The second-order valence-corrected chi connectivity index (χ2v) is 5.20. The normalized spacial score (nSPS) is 10.8. The van der Waals surface area contributed by atoms with Crippen molar-refractivity contribution in [3.05, 3.63) is 26.8 Å². The van der Waals surface area contributed by atoms with Crippen molar-refractivity contribution < 1.29 is 0 Å². The molecule has 0 N–H and O–H groups in total. The summed E-state index contributed by atoms with van der Waals surface area (Å²) in [5, 5.41) is 0. The molecule has 0 bridgehead atoms. The summed E-state index contributed by atoms with van der Waals surface area (Å²) in [6, 6.07) is 0. The molecule has 0 unspecified atom stereocenters. The third-order valence-electron chi connectivity index (χ3n) is 2.91. The van der Waals surface area contributed by atoms with Crippen molar-refractivity contribution in [1.29, 1.82) is 0 Å². The molecule has 1 rings (SSSR count). The fraction of sp³-hybridized carbons (Fsp3) is 0.692. The second kappa shape index (κ2) is 7.64. The van der Waals surface area contributed by atoms with Crippen LogP contribution in [0.2, 0.25) is 0 Å². The van der Waals surface area contributed by atoms with Gasteiger partial charge in [0.25, 0.3) is 5.56 Å². The summed E-state index contributed by atoms with van der Waals surface area (Å²) in [7, 11) is 0. The maximum atomic E-state index is 11.8. The van der Waals surface area contributed by atoms with Crippen LogP contribution in [0, 0.1) is 6.92 Å². The van der Waals surface area contributed by atoms with Crippen molar-refractivity contribution >= 4 is 15.9 Å². The molecule has 1 aromatic rings. The summed E-state index contributed by atoms with van der Waals surface area (Å²) in [4.78, 5) is 16.0. The largest absolute Gasteiger partial charge is 0.298 e. The van der Waals surface area contributed by atoms with Crippen LogP contribution in [-0.4, -0.2) is 9.55 Å². The van der Waals surface area contributed by atoms with Gasteiger partial charge in [0.2, 0.25) is 0 Å². The molecule has 0 amide bonds. The highest BCUT2D eigenvalue weighted by Gasteiger charge is 2.04. The Labute approximate surface area is 111 Å². The van der Waals surface area contributed by atoms with Gasteiger partial charge in [-0.05, 0) is 29.3 Å². The van der Waals surface area contributed by atoms with Gasteiger partial charge < -0.3 is 0 Å². The Kier molecular flexibility index (Phi) is 6.48. The molecule has 0 aliphatic rings. The quantitative estimate of drug-likeness (QED) is 0.720. The van der Waals surface area contributed by atoms with Gasteiger partial charge in [-0.2, -0.15) is 0 Å². The zero-order valence-corrected chi connectivity index (χ0v) is 12.3. The summed E-state index contributed by atoms with van der Waals surface area (Å²) in [5.41, 5.74) is 0.792. The first-order valence-electron chi connectivity index (χ1n) is 6.38. The Morgan fingerprint density at radius 1 is 1.24 bits per heavy atom. The first-order chi connectivity index (χ1) is 8.16. The maximum Gasteiger partial charge on any atom is 0.267 e. The molecule has 0 aliphatic heterocycles. The van der Waals surface area contributed by atoms with E-state index in [4.69, 9.17) is 0 Å². The van der Waals surface area contributed by atoms with Gasteiger partial charge in [-0.25, -0.2) is 4.98 Å². The summed E-state index contributed by atoms with van der Waals surface area (Å²) >= 11 is 3.28. The summed E-state index contributed by atoms with van der Waals surface area (Å²) in [6.45, 7) is 4.83. The molecule has 3 nitrogen and oxygen atoms in total. The number of hydrogen-bond donors (Lipinski definition) is 0. The lowest BCUT2D eigenvalue weighted by Crippen LogP contribution is -2.22. The van der Waals surface area contributed by atoms with Crippen molar-refractivity contribution in [1.82, 2.24) is 9.55 Å². The third kappa shape index (κ3) is 4.62. The topological polar surface area (TPSA) is 34.9 Å². The zero-order valence-electron chi connectivity index (χ0n) is 10.7. The Balaban J connectivity index is 2.37. The summed E-state index contributed by atoms with van der Waals surface area (Å²) in [6.07, 6.45) is 9.06. The minimum absolute atomic E-state index is 0.0334. The molecule has 0 atom stereocenters. The zero-order chi connectivity index (χ0) is 12.7. The number of unbranched alkanes of at least 4 members (excludes halogenated alkanes) is 5. The molecule has 4 heteroatoms. The van der Waals surface area contributed by atoms with Crippen LogP contribution in [0.15, 0.2) is 15.6 Å². The van der Waals surface area contributed by atoms with Gasteiger partial charge in [0, 0.05) is 6.54 Å². The van der Waals surface area contributed by atoms with Gasteiger partial charge in [0.1, 0.15) is 4.47 Å². The monoisotopic (exact) mass is 300 g/mol. The summed E-state index contributed by atoms with van der Waals surface area (Å²) < 4.78 is 2.28. The Morgan fingerprint density at radius 3 is 2.59 bits per heavy atom. The number of rotatable bonds is 7. The number of aromatic nitrogens is 2. The lowest BCUT2D eigenvalue weighted by molar-refractivity contribution is 0.543. The van der Waals surface area contributed by atoms with Crippen LogP contribution in [0.4, 0.5) is 0 Å². The smallest absolute Gasteiger partial charge is 0.267 e. The van der Waals surface area contributed by atoms with Crippen LogP contribution in [0.5, 0.6) is 0 Å². The summed E-state index contributed by atoms with van der Waals surface area (Å²) in [5.74, 6) is 0. The van der Waals surface area contributed by atoms with Crippen molar-refractivity contribution in [2.75, 3.05) is 0 Å². The highest BCUT2D eigenvalue weighted by Crippen LogP contribution is 2.08. The van der Waals surface area contributed by atoms with E-state index in [1.54, 1.807) is 10.9 Å². The van der Waals surface area contributed by atoms with Crippen LogP contribution in [0.1, 0.15) is 51.1 Å². The highest BCUT2D eigenvalue weighted by molar-refractivity contribution is 9.10. The van der Waals surface area contributed by atoms with Crippen molar-refractivity contribution in [3.8, 4) is 0 Å². The van der Waals surface area contributed by atoms with E-state index >= 15 is 0 Å². The molecule has 0 spiro atoms. The molecule has 1 heterocycles. The molecule has 0 radical (unpaired) electrons. The van der Waals surface area contributed by atoms with E-state index < -0.39 is 0 Å². The van der Waals surface area contributed by atoms with Gasteiger partial charge in [-0.15, -0.1) is 0 Å². The van der Waals surface area contributed by atoms with E-state index in [-0.39, 0.29) is 5.56 Å². The van der Waals surface area contributed by atoms with Crippen molar-refractivity contribution in [3.63, 3.8) is 0 Å². The third-order valence-corrected chi connectivity index (χ3v) is 3.82. The highest BCUT2D eigenvalue weighted by atomic mass is 79.9. The Bertz CT molecular complexity index is 401. The van der Waals surface area contributed by atoms with Gasteiger partial charge in [0.15, 0.2) is 0 Å². The lowest BCUT2D eigenvalue weighted by Gasteiger charge is -2.06. The molecule has 1 aromatic heterocycles. The number of nitrogens with zero attached hydrogens (tertiary/aromatic N) is 2. The maximum absolute atomic E-state index is 11.8. The predicted octanol–water partition coefficient (Wildman–Crippen LogP) is 3.67. The fourth-order valence-corrected chi connectivity index (χ4v) is 2.10. The standard InChI is InChI=1S/C13H21BrN2O/c1-3-4-5-6-7-8-9-16-10-15-11(2)12(14)13(16)17/h10H,3-9H2,1-2H3. The molecular weight excluding hydrogens is 280 g/mol. The SMILES string of the molecule is CCCCCCCCn1cnc(C)c(Br)c1=O. The van der Waals surface area contributed by atoms with Crippen LogP contribution in [0.25, 0.3) is 0 Å².